The molecule has 0 bridgehead atoms. The number of anilines is 1. The number of nitrogens with one attached hydrogen (secondary N) is 1. The highest BCUT2D eigenvalue weighted by Crippen LogP contribution is 2.29. The highest BCUT2D eigenvalue weighted by Gasteiger charge is 2.26. The number of nitro groups is 1. The Labute approximate surface area is 193 Å². The molecule has 30 heavy (non-hydrogen) atoms. The third-order valence-corrected chi connectivity index (χ3v) is 5.44. The van der Waals surface area contributed by atoms with E-state index in [9.17, 15) is 19.7 Å². The molecular formula is C21H14BrIN2O5. The van der Waals surface area contributed by atoms with Crippen molar-refractivity contribution in [2.45, 2.75) is 6.10 Å². The highest BCUT2D eigenvalue weighted by atomic mass is 127. The molecule has 0 aromatic heterocycles. The smallest absolute Gasteiger partial charge is 0.339 e. The number of hydrogen-bond donors (Lipinski definition) is 1. The number of nitrogens with zero attached hydrogens (tertiary/aromatic N) is 1. The van der Waals surface area contributed by atoms with Gasteiger partial charge in [0.15, 0.2) is 0 Å². The molecule has 0 aliphatic carbocycles. The molecule has 0 aliphatic rings. The molecule has 1 atom stereocenters. The van der Waals surface area contributed by atoms with Crippen LogP contribution in [-0.4, -0.2) is 16.8 Å². The Balaban J connectivity index is 1.85. The lowest BCUT2D eigenvalue weighted by Crippen LogP contribution is -2.26. The molecule has 152 valence electrons. The van der Waals surface area contributed by atoms with E-state index in [1.54, 1.807) is 54.6 Å². The van der Waals surface area contributed by atoms with Crippen LogP contribution in [-0.2, 0) is 9.53 Å². The molecule has 1 amide bonds. The fraction of sp³-hybridized carbons (Fsp3) is 0.0476. The molecule has 0 saturated heterocycles. The van der Waals surface area contributed by atoms with Gasteiger partial charge in [0.25, 0.3) is 11.6 Å². The Morgan fingerprint density at radius 2 is 1.70 bits per heavy atom. The lowest BCUT2D eigenvalue weighted by Gasteiger charge is -2.18. The lowest BCUT2D eigenvalue weighted by atomic mass is 10.1. The van der Waals surface area contributed by atoms with Crippen LogP contribution in [0.4, 0.5) is 11.4 Å². The maximum atomic E-state index is 13.0. The number of esters is 1. The van der Waals surface area contributed by atoms with Crippen molar-refractivity contribution in [2.24, 2.45) is 0 Å². The molecule has 3 aromatic rings. The van der Waals surface area contributed by atoms with Crippen LogP contribution in [0.15, 0.2) is 77.3 Å². The Bertz CT molecular complexity index is 1090. The zero-order valence-corrected chi connectivity index (χ0v) is 19.0. The third kappa shape index (κ3) is 5.42. The van der Waals surface area contributed by atoms with E-state index >= 15 is 0 Å². The Kier molecular flexibility index (Phi) is 7.16. The first-order valence-electron chi connectivity index (χ1n) is 8.61. The van der Waals surface area contributed by atoms with Crippen LogP contribution in [0.2, 0.25) is 0 Å². The van der Waals surface area contributed by atoms with Gasteiger partial charge in [0.05, 0.1) is 16.2 Å². The first-order chi connectivity index (χ1) is 14.3. The van der Waals surface area contributed by atoms with Crippen molar-refractivity contribution >= 4 is 61.8 Å². The van der Waals surface area contributed by atoms with Crippen molar-refractivity contribution < 1.29 is 19.2 Å². The largest absolute Gasteiger partial charge is 0.444 e. The summed E-state index contributed by atoms with van der Waals surface area (Å²) in [5.74, 6) is -1.23. The molecule has 0 spiro atoms. The normalized spacial score (nSPS) is 11.4. The fourth-order valence-corrected chi connectivity index (χ4v) is 3.40. The van der Waals surface area contributed by atoms with Gasteiger partial charge in [0, 0.05) is 25.7 Å². The number of halogens is 2. The van der Waals surface area contributed by atoms with Gasteiger partial charge < -0.3 is 10.1 Å². The van der Waals surface area contributed by atoms with Crippen LogP contribution in [0.5, 0.6) is 0 Å². The average molecular weight is 581 g/mol. The first kappa shape index (κ1) is 21.9. The molecule has 3 rings (SSSR count). The number of ether oxygens (including phenoxy) is 1. The maximum absolute atomic E-state index is 13.0. The van der Waals surface area contributed by atoms with Gasteiger partial charge in [-0.05, 0) is 68.9 Å². The number of rotatable bonds is 6. The molecule has 0 radical (unpaired) electrons. The number of carbonyl (C=O) groups excluding carboxylic acids is 2. The van der Waals surface area contributed by atoms with Gasteiger partial charge in [-0.3, -0.25) is 14.9 Å². The van der Waals surface area contributed by atoms with Gasteiger partial charge in [0.2, 0.25) is 6.10 Å². The fourth-order valence-electron chi connectivity index (χ4n) is 2.58. The summed E-state index contributed by atoms with van der Waals surface area (Å²) in [6.45, 7) is 0. The minimum Gasteiger partial charge on any atom is -0.444 e. The average Bonchev–Trinajstić information content (AvgIpc) is 2.74. The van der Waals surface area contributed by atoms with E-state index in [-0.39, 0.29) is 5.69 Å². The number of carbonyl (C=O) groups is 2. The predicted molar refractivity (Wildman–Crippen MR) is 123 cm³/mol. The quantitative estimate of drug-likeness (QED) is 0.180. The molecular weight excluding hydrogens is 567 g/mol. The van der Waals surface area contributed by atoms with Crippen LogP contribution in [0.25, 0.3) is 0 Å². The number of nitro benzene ring substituents is 1. The van der Waals surface area contributed by atoms with E-state index in [1.165, 1.54) is 18.2 Å². The lowest BCUT2D eigenvalue weighted by molar-refractivity contribution is -0.384. The number of benzene rings is 3. The number of hydrogen-bond acceptors (Lipinski definition) is 5. The van der Waals surface area contributed by atoms with Crippen molar-refractivity contribution in [1.29, 1.82) is 0 Å². The molecule has 9 heteroatoms. The van der Waals surface area contributed by atoms with Crippen LogP contribution in [0.1, 0.15) is 22.0 Å². The number of non-ortho nitro benzene ring substituents is 1. The molecule has 0 saturated carbocycles. The third-order valence-electron chi connectivity index (χ3n) is 4.07. The van der Waals surface area contributed by atoms with Crippen molar-refractivity contribution in [3.05, 3.63) is 102 Å². The second-order valence-electron chi connectivity index (χ2n) is 6.11. The van der Waals surface area contributed by atoms with Gasteiger partial charge in [-0.2, -0.15) is 0 Å². The van der Waals surface area contributed by atoms with E-state index < -0.39 is 22.9 Å². The van der Waals surface area contributed by atoms with E-state index in [0.717, 1.165) is 3.57 Å². The standard InChI is InChI=1S/C21H14BrIN2O5/c22-17-12-16(25(28)29)10-11-18(17)24-20(26)19(13-4-2-1-3-5-13)30-21(27)14-6-8-15(23)9-7-14/h1-12,19H,(H,24,26). The molecule has 0 heterocycles. The minimum absolute atomic E-state index is 0.121. The van der Waals surface area contributed by atoms with E-state index in [0.29, 0.717) is 21.3 Å². The Hall–Kier alpha value is -2.79. The van der Waals surface area contributed by atoms with Crippen molar-refractivity contribution in [1.82, 2.24) is 0 Å². The monoisotopic (exact) mass is 580 g/mol. The SMILES string of the molecule is O=C(OC(C(=O)Nc1ccc([N+](=O)[O-])cc1Br)c1ccccc1)c1ccc(I)cc1. The van der Waals surface area contributed by atoms with E-state index in [2.05, 4.69) is 43.8 Å². The topological polar surface area (TPSA) is 98.5 Å². The summed E-state index contributed by atoms with van der Waals surface area (Å²) in [5.41, 5.74) is 1.01. The van der Waals surface area contributed by atoms with Crippen LogP contribution < -0.4 is 5.32 Å². The second-order valence-corrected chi connectivity index (χ2v) is 8.21. The molecule has 3 aromatic carbocycles. The molecule has 0 aliphatic heterocycles. The minimum atomic E-state index is -1.21. The Morgan fingerprint density at radius 3 is 2.30 bits per heavy atom. The van der Waals surface area contributed by atoms with Crippen molar-refractivity contribution in [3.8, 4) is 0 Å². The summed E-state index contributed by atoms with van der Waals surface area (Å²) in [5, 5.41) is 13.6. The van der Waals surface area contributed by atoms with Gasteiger partial charge in [0.1, 0.15) is 0 Å². The zero-order valence-electron chi connectivity index (χ0n) is 15.2. The zero-order chi connectivity index (χ0) is 21.7. The van der Waals surface area contributed by atoms with Crippen molar-refractivity contribution in [3.63, 3.8) is 0 Å². The predicted octanol–water partition coefficient (Wildman–Crippen LogP) is 5.50. The van der Waals surface area contributed by atoms with E-state index in [1.807, 2.05) is 0 Å². The number of amides is 1. The molecule has 1 unspecified atom stereocenters. The maximum Gasteiger partial charge on any atom is 0.339 e. The van der Waals surface area contributed by atoms with Crippen LogP contribution in [0.3, 0.4) is 0 Å². The van der Waals surface area contributed by atoms with Crippen LogP contribution >= 0.6 is 38.5 Å². The van der Waals surface area contributed by atoms with Gasteiger partial charge >= 0.3 is 5.97 Å². The highest BCUT2D eigenvalue weighted by molar-refractivity contribution is 14.1. The molecule has 7 nitrogen and oxygen atoms in total. The molecule has 1 N–H and O–H groups in total. The van der Waals surface area contributed by atoms with Crippen LogP contribution in [0, 0.1) is 13.7 Å². The Morgan fingerprint density at radius 1 is 1.03 bits per heavy atom. The van der Waals surface area contributed by atoms with Gasteiger partial charge in [-0.25, -0.2) is 4.79 Å². The summed E-state index contributed by atoms with van der Waals surface area (Å²) in [7, 11) is 0. The summed E-state index contributed by atoms with van der Waals surface area (Å²) in [4.78, 5) is 35.9. The summed E-state index contributed by atoms with van der Waals surface area (Å²) in [6.07, 6.45) is -1.21. The van der Waals surface area contributed by atoms with Gasteiger partial charge in [-0.1, -0.05) is 30.3 Å². The molecule has 0 fully saturated rings. The van der Waals surface area contributed by atoms with Gasteiger partial charge in [-0.15, -0.1) is 0 Å². The van der Waals surface area contributed by atoms with Crippen molar-refractivity contribution in [2.75, 3.05) is 5.32 Å². The second kappa shape index (κ2) is 9.81. The summed E-state index contributed by atoms with van der Waals surface area (Å²) < 4.78 is 6.82. The van der Waals surface area contributed by atoms with E-state index in [4.69, 9.17) is 4.74 Å². The first-order valence-corrected chi connectivity index (χ1v) is 10.5. The summed E-state index contributed by atoms with van der Waals surface area (Å²) in [6, 6.07) is 19.3. The summed E-state index contributed by atoms with van der Waals surface area (Å²) >= 11 is 5.34.